The van der Waals surface area contributed by atoms with Crippen LogP contribution in [0.4, 0.5) is 0 Å². The van der Waals surface area contributed by atoms with E-state index < -0.39 is 0 Å². The van der Waals surface area contributed by atoms with Crippen LogP contribution in [-0.2, 0) is 5.41 Å². The number of benzene rings is 8. The van der Waals surface area contributed by atoms with Gasteiger partial charge < -0.3 is 0 Å². The van der Waals surface area contributed by atoms with E-state index in [4.69, 9.17) is 0 Å². The zero-order valence-electron chi connectivity index (χ0n) is 25.8. The summed E-state index contributed by atoms with van der Waals surface area (Å²) in [4.78, 5) is 0. The molecule has 0 amide bonds. The molecule has 1 heterocycles. The second-order valence-corrected chi connectivity index (χ2v) is 14.3. The summed E-state index contributed by atoms with van der Waals surface area (Å²) in [5, 5.41) is 10.5. The van der Waals surface area contributed by atoms with E-state index in [1.54, 1.807) is 0 Å². The summed E-state index contributed by atoms with van der Waals surface area (Å²) in [6.07, 6.45) is 0. The normalized spacial score (nSPS) is 13.6. The highest BCUT2D eigenvalue weighted by Crippen LogP contribution is 2.55. The van der Waals surface area contributed by atoms with Gasteiger partial charge in [0.05, 0.1) is 0 Å². The Hall–Kier alpha value is -5.24. The molecule has 0 atom stereocenters. The molecule has 1 heteroatoms. The molecular formula is C45H30S. The van der Waals surface area contributed by atoms with Crippen molar-refractivity contribution < 1.29 is 0 Å². The van der Waals surface area contributed by atoms with Crippen molar-refractivity contribution in [1.82, 2.24) is 0 Å². The highest BCUT2D eigenvalue weighted by molar-refractivity contribution is 7.25. The van der Waals surface area contributed by atoms with Crippen LogP contribution in [0.3, 0.4) is 0 Å². The lowest BCUT2D eigenvalue weighted by atomic mass is 9.80. The SMILES string of the molecule is CC1(C)c2cc3ccccc3cc2-c2c(-c3c4ccccc4c(-c4ccc5sc6ccccc6c5c4)c4ccccc34)cccc21. The van der Waals surface area contributed by atoms with Gasteiger partial charge in [-0.2, -0.15) is 0 Å². The zero-order chi connectivity index (χ0) is 30.6. The fourth-order valence-corrected chi connectivity index (χ4v) is 9.38. The highest BCUT2D eigenvalue weighted by Gasteiger charge is 2.37. The van der Waals surface area contributed by atoms with Crippen molar-refractivity contribution in [3.63, 3.8) is 0 Å². The van der Waals surface area contributed by atoms with E-state index in [9.17, 15) is 0 Å². The topological polar surface area (TPSA) is 0 Å². The summed E-state index contributed by atoms with van der Waals surface area (Å²) < 4.78 is 2.68. The van der Waals surface area contributed by atoms with Gasteiger partial charge in [0.2, 0.25) is 0 Å². The molecule has 0 aliphatic heterocycles. The fraction of sp³-hybridized carbons (Fsp3) is 0.0667. The lowest BCUT2D eigenvalue weighted by Gasteiger charge is -2.23. The highest BCUT2D eigenvalue weighted by atomic mass is 32.1. The quantitative estimate of drug-likeness (QED) is 0.173. The molecule has 0 spiro atoms. The molecule has 1 aliphatic carbocycles. The number of hydrogen-bond acceptors (Lipinski definition) is 1. The van der Waals surface area contributed by atoms with Crippen molar-refractivity contribution in [1.29, 1.82) is 0 Å². The first-order valence-electron chi connectivity index (χ1n) is 16.1. The predicted octanol–water partition coefficient (Wildman–Crippen LogP) is 13.2. The van der Waals surface area contributed by atoms with Crippen LogP contribution in [0.5, 0.6) is 0 Å². The Labute approximate surface area is 272 Å². The predicted molar refractivity (Wildman–Crippen MR) is 200 cm³/mol. The van der Waals surface area contributed by atoms with Gasteiger partial charge in [0.15, 0.2) is 0 Å². The van der Waals surface area contributed by atoms with E-state index in [1.807, 2.05) is 11.3 Å². The first-order chi connectivity index (χ1) is 22.6. The molecular weight excluding hydrogens is 573 g/mol. The maximum absolute atomic E-state index is 2.43. The molecule has 0 saturated carbocycles. The molecule has 0 saturated heterocycles. The summed E-state index contributed by atoms with van der Waals surface area (Å²) in [7, 11) is 0. The van der Waals surface area contributed by atoms with Crippen molar-refractivity contribution in [2.75, 3.05) is 0 Å². The van der Waals surface area contributed by atoms with E-state index >= 15 is 0 Å². The Morgan fingerprint density at radius 1 is 0.391 bits per heavy atom. The van der Waals surface area contributed by atoms with Gasteiger partial charge >= 0.3 is 0 Å². The Kier molecular flexibility index (Phi) is 5.31. The van der Waals surface area contributed by atoms with Crippen LogP contribution in [0.1, 0.15) is 25.0 Å². The van der Waals surface area contributed by atoms with E-state index in [1.165, 1.54) is 97.0 Å². The molecule has 0 fully saturated rings. The van der Waals surface area contributed by atoms with Crippen LogP contribution in [0.2, 0.25) is 0 Å². The number of thiophene rings is 1. The molecule has 0 radical (unpaired) electrons. The van der Waals surface area contributed by atoms with Gasteiger partial charge in [-0.05, 0) is 107 Å². The minimum atomic E-state index is -0.0883. The molecule has 1 aromatic heterocycles. The molecule has 0 unspecified atom stereocenters. The summed E-state index contributed by atoms with van der Waals surface area (Å²) in [6.45, 7) is 4.78. The molecule has 216 valence electrons. The van der Waals surface area contributed by atoms with E-state index in [2.05, 4.69) is 159 Å². The smallest absolute Gasteiger partial charge is 0.0355 e. The molecule has 9 aromatic rings. The lowest BCUT2D eigenvalue weighted by molar-refractivity contribution is 0.661. The zero-order valence-corrected chi connectivity index (χ0v) is 26.6. The Morgan fingerprint density at radius 3 is 1.70 bits per heavy atom. The van der Waals surface area contributed by atoms with Crippen LogP contribution in [0.25, 0.3) is 85.9 Å². The Morgan fingerprint density at radius 2 is 0.978 bits per heavy atom. The fourth-order valence-electron chi connectivity index (χ4n) is 8.29. The van der Waals surface area contributed by atoms with Gasteiger partial charge in [0, 0.05) is 25.6 Å². The Balaban J connectivity index is 1.31. The summed E-state index contributed by atoms with van der Waals surface area (Å²) in [5.74, 6) is 0. The summed E-state index contributed by atoms with van der Waals surface area (Å²) in [6, 6.07) is 54.6. The molecule has 10 rings (SSSR count). The summed E-state index contributed by atoms with van der Waals surface area (Å²) in [5.41, 5.74) is 10.7. The van der Waals surface area contributed by atoms with Crippen LogP contribution >= 0.6 is 11.3 Å². The third kappa shape index (κ3) is 3.49. The minimum absolute atomic E-state index is 0.0883. The van der Waals surface area contributed by atoms with Gasteiger partial charge in [-0.3, -0.25) is 0 Å². The average Bonchev–Trinajstić information content (AvgIpc) is 3.57. The standard InChI is InChI=1S/C45H30S/c1-45(2)38-20-11-19-35(44(38)37-24-27-12-3-4-13-28(27)26-39(37)45)43-33-17-7-5-15-31(33)42(32-16-6-8-18-34(32)43)29-22-23-41-36(25-29)30-14-9-10-21-40(30)46-41/h3-26H,1-2H3. The van der Waals surface area contributed by atoms with E-state index in [0.29, 0.717) is 0 Å². The van der Waals surface area contributed by atoms with Gasteiger partial charge in [0.25, 0.3) is 0 Å². The van der Waals surface area contributed by atoms with Crippen LogP contribution < -0.4 is 0 Å². The third-order valence-corrected chi connectivity index (χ3v) is 11.6. The van der Waals surface area contributed by atoms with Crippen molar-refractivity contribution in [2.24, 2.45) is 0 Å². The molecule has 46 heavy (non-hydrogen) atoms. The second-order valence-electron chi connectivity index (χ2n) is 13.2. The van der Waals surface area contributed by atoms with Crippen molar-refractivity contribution in [3.05, 3.63) is 157 Å². The largest absolute Gasteiger partial charge is 0.135 e. The number of fused-ring (bicyclic) bond motifs is 9. The lowest BCUT2D eigenvalue weighted by Crippen LogP contribution is -2.14. The first-order valence-corrected chi connectivity index (χ1v) is 16.9. The molecule has 1 aliphatic rings. The maximum atomic E-state index is 2.43. The van der Waals surface area contributed by atoms with Crippen molar-refractivity contribution in [2.45, 2.75) is 19.3 Å². The van der Waals surface area contributed by atoms with Gasteiger partial charge in [0.1, 0.15) is 0 Å². The minimum Gasteiger partial charge on any atom is -0.135 e. The van der Waals surface area contributed by atoms with Gasteiger partial charge in [-0.15, -0.1) is 11.3 Å². The van der Waals surface area contributed by atoms with E-state index in [0.717, 1.165) is 0 Å². The van der Waals surface area contributed by atoms with Crippen molar-refractivity contribution in [3.8, 4) is 33.4 Å². The van der Waals surface area contributed by atoms with Crippen LogP contribution in [0.15, 0.2) is 146 Å². The van der Waals surface area contributed by atoms with Crippen LogP contribution in [-0.4, -0.2) is 0 Å². The monoisotopic (exact) mass is 602 g/mol. The average molecular weight is 603 g/mol. The van der Waals surface area contributed by atoms with E-state index in [-0.39, 0.29) is 5.41 Å². The maximum Gasteiger partial charge on any atom is 0.0355 e. The Bertz CT molecular complexity index is 2660. The van der Waals surface area contributed by atoms with Gasteiger partial charge in [-0.1, -0.05) is 129 Å². The first kappa shape index (κ1) is 26.0. The molecule has 0 bridgehead atoms. The molecule has 0 N–H and O–H groups in total. The summed E-state index contributed by atoms with van der Waals surface area (Å²) >= 11 is 1.88. The third-order valence-electron chi connectivity index (χ3n) is 10.4. The second kappa shape index (κ2) is 9.39. The number of hydrogen-bond donors (Lipinski definition) is 0. The molecule has 0 nitrogen and oxygen atoms in total. The number of rotatable bonds is 2. The van der Waals surface area contributed by atoms with Crippen molar-refractivity contribution >= 4 is 63.8 Å². The molecule has 8 aromatic carbocycles. The van der Waals surface area contributed by atoms with Gasteiger partial charge in [-0.25, -0.2) is 0 Å². The van der Waals surface area contributed by atoms with Crippen LogP contribution in [0, 0.1) is 0 Å².